The van der Waals surface area contributed by atoms with Crippen molar-refractivity contribution < 1.29 is 0 Å². The van der Waals surface area contributed by atoms with E-state index >= 15 is 0 Å². The molecule has 0 heterocycles. The summed E-state index contributed by atoms with van der Waals surface area (Å²) in [6.45, 7) is 15.1. The predicted molar refractivity (Wildman–Crippen MR) is 70.2 cm³/mol. The van der Waals surface area contributed by atoms with Crippen molar-refractivity contribution in [3.8, 4) is 0 Å². The Morgan fingerprint density at radius 2 is 1.60 bits per heavy atom. The molecule has 1 heteroatoms. The fourth-order valence-corrected chi connectivity index (χ4v) is 2.72. The first-order chi connectivity index (χ1) is 7.00. The molecule has 0 aromatic rings. The predicted octanol–water partition coefficient (Wildman–Crippen LogP) is 4.23. The van der Waals surface area contributed by atoms with Crippen LogP contribution in [0.4, 0.5) is 0 Å². The molecule has 15 heavy (non-hydrogen) atoms. The van der Waals surface area contributed by atoms with Gasteiger partial charge in [-0.15, -0.1) is 0 Å². The van der Waals surface area contributed by atoms with Crippen LogP contribution in [-0.4, -0.2) is 12.6 Å². The zero-order chi connectivity index (χ0) is 11.9. The number of nitrogens with one attached hydrogen (secondary N) is 1. The average Bonchev–Trinajstić information content (AvgIpc) is 2.17. The van der Waals surface area contributed by atoms with E-state index in [0.717, 1.165) is 5.92 Å². The highest BCUT2D eigenvalue weighted by molar-refractivity contribution is 4.83. The number of hydrogen-bond acceptors (Lipinski definition) is 1. The summed E-state index contributed by atoms with van der Waals surface area (Å²) in [5.74, 6) is 0.865. The van der Waals surface area contributed by atoms with Crippen molar-refractivity contribution >= 4 is 0 Å². The van der Waals surface area contributed by atoms with Gasteiger partial charge in [0, 0.05) is 12.6 Å². The van der Waals surface area contributed by atoms with Crippen molar-refractivity contribution in [1.29, 1.82) is 0 Å². The van der Waals surface area contributed by atoms with Crippen LogP contribution in [-0.2, 0) is 0 Å². The van der Waals surface area contributed by atoms with Gasteiger partial charge in [-0.05, 0) is 17.8 Å². The second kappa shape index (κ2) is 7.27. The van der Waals surface area contributed by atoms with Crippen molar-refractivity contribution in [3.05, 3.63) is 0 Å². The van der Waals surface area contributed by atoms with Gasteiger partial charge in [0.1, 0.15) is 0 Å². The second-order valence-electron chi connectivity index (χ2n) is 5.45. The summed E-state index contributed by atoms with van der Waals surface area (Å²) < 4.78 is 0. The van der Waals surface area contributed by atoms with Crippen LogP contribution in [0.1, 0.15) is 67.2 Å². The highest BCUT2D eigenvalue weighted by Gasteiger charge is 2.30. The number of rotatable bonds is 8. The van der Waals surface area contributed by atoms with Gasteiger partial charge in [-0.3, -0.25) is 0 Å². The summed E-state index contributed by atoms with van der Waals surface area (Å²) in [4.78, 5) is 0. The van der Waals surface area contributed by atoms with Gasteiger partial charge in [-0.2, -0.15) is 0 Å². The second-order valence-corrected chi connectivity index (χ2v) is 5.45. The molecule has 0 aromatic carbocycles. The van der Waals surface area contributed by atoms with Gasteiger partial charge in [-0.25, -0.2) is 0 Å². The molecule has 0 rings (SSSR count). The standard InChI is InChI=1S/C14H31N/c1-7-10-14(6,11-15-12(4)5)13(8-2)9-3/h12-13,15H,7-11H2,1-6H3. The van der Waals surface area contributed by atoms with E-state index in [-0.39, 0.29) is 0 Å². The molecule has 1 unspecified atom stereocenters. The SMILES string of the molecule is CCCC(C)(CNC(C)C)C(CC)CC. The van der Waals surface area contributed by atoms with Crippen molar-refractivity contribution in [1.82, 2.24) is 5.32 Å². The Bertz CT molecular complexity index is 149. The molecule has 92 valence electrons. The first kappa shape index (κ1) is 15.0. The molecule has 1 nitrogen and oxygen atoms in total. The molecular weight excluding hydrogens is 182 g/mol. The smallest absolute Gasteiger partial charge is 0.00106 e. The fraction of sp³-hybridized carbons (Fsp3) is 1.00. The van der Waals surface area contributed by atoms with Crippen LogP contribution in [0.3, 0.4) is 0 Å². The van der Waals surface area contributed by atoms with Crippen LogP contribution < -0.4 is 5.32 Å². The molecule has 0 aliphatic rings. The van der Waals surface area contributed by atoms with E-state index < -0.39 is 0 Å². The molecule has 1 atom stereocenters. The highest BCUT2D eigenvalue weighted by Crippen LogP contribution is 2.36. The van der Waals surface area contributed by atoms with Gasteiger partial charge in [0.05, 0.1) is 0 Å². The molecule has 0 radical (unpaired) electrons. The van der Waals surface area contributed by atoms with Crippen molar-refractivity contribution in [2.75, 3.05) is 6.54 Å². The molecule has 0 aromatic heterocycles. The molecule has 0 aliphatic heterocycles. The zero-order valence-corrected chi connectivity index (χ0v) is 11.7. The minimum absolute atomic E-state index is 0.489. The number of hydrogen-bond donors (Lipinski definition) is 1. The van der Waals surface area contributed by atoms with Gasteiger partial charge in [0.25, 0.3) is 0 Å². The summed E-state index contributed by atoms with van der Waals surface area (Å²) in [5.41, 5.74) is 0.489. The van der Waals surface area contributed by atoms with Crippen LogP contribution in [0.5, 0.6) is 0 Å². The lowest BCUT2D eigenvalue weighted by molar-refractivity contribution is 0.147. The van der Waals surface area contributed by atoms with Crippen molar-refractivity contribution in [3.63, 3.8) is 0 Å². The quantitative estimate of drug-likeness (QED) is 0.636. The first-order valence-electron chi connectivity index (χ1n) is 6.73. The molecule has 0 aliphatic carbocycles. The maximum Gasteiger partial charge on any atom is 0.00106 e. The average molecular weight is 213 g/mol. The van der Waals surface area contributed by atoms with Gasteiger partial charge in [0.2, 0.25) is 0 Å². The third-order valence-corrected chi connectivity index (χ3v) is 3.71. The lowest BCUT2D eigenvalue weighted by Gasteiger charge is -2.38. The van der Waals surface area contributed by atoms with E-state index in [1.54, 1.807) is 0 Å². The highest BCUT2D eigenvalue weighted by atomic mass is 14.9. The van der Waals surface area contributed by atoms with Crippen molar-refractivity contribution in [2.24, 2.45) is 11.3 Å². The van der Waals surface area contributed by atoms with Gasteiger partial charge in [0.15, 0.2) is 0 Å². The molecule has 0 amide bonds. The topological polar surface area (TPSA) is 12.0 Å². The van der Waals surface area contributed by atoms with E-state index in [4.69, 9.17) is 0 Å². The normalized spacial score (nSPS) is 16.0. The maximum absolute atomic E-state index is 3.62. The van der Waals surface area contributed by atoms with Crippen LogP contribution in [0.25, 0.3) is 0 Å². The molecule has 0 spiro atoms. The van der Waals surface area contributed by atoms with Gasteiger partial charge >= 0.3 is 0 Å². The Labute approximate surface area is 97.0 Å². The van der Waals surface area contributed by atoms with Crippen LogP contribution >= 0.6 is 0 Å². The summed E-state index contributed by atoms with van der Waals surface area (Å²) in [7, 11) is 0. The van der Waals surface area contributed by atoms with Crippen LogP contribution in [0, 0.1) is 11.3 Å². The Hall–Kier alpha value is -0.0400. The molecule has 0 saturated carbocycles. The van der Waals surface area contributed by atoms with E-state index in [1.807, 2.05) is 0 Å². The third-order valence-electron chi connectivity index (χ3n) is 3.71. The van der Waals surface area contributed by atoms with Gasteiger partial charge in [-0.1, -0.05) is 60.8 Å². The monoisotopic (exact) mass is 213 g/mol. The Kier molecular flexibility index (Phi) is 7.25. The summed E-state index contributed by atoms with van der Waals surface area (Å²) in [5, 5.41) is 3.62. The Morgan fingerprint density at radius 1 is 1.07 bits per heavy atom. The van der Waals surface area contributed by atoms with Crippen LogP contribution in [0.2, 0.25) is 0 Å². The van der Waals surface area contributed by atoms with E-state index in [2.05, 4.69) is 46.9 Å². The molecule has 0 bridgehead atoms. The summed E-state index contributed by atoms with van der Waals surface area (Å²) in [6, 6.07) is 0.607. The largest absolute Gasteiger partial charge is 0.314 e. The van der Waals surface area contributed by atoms with E-state index in [1.165, 1.54) is 32.2 Å². The van der Waals surface area contributed by atoms with E-state index in [0.29, 0.717) is 11.5 Å². The third kappa shape index (κ3) is 5.01. The summed E-state index contributed by atoms with van der Waals surface area (Å²) in [6.07, 6.45) is 5.27. The molecular formula is C14H31N. The zero-order valence-electron chi connectivity index (χ0n) is 11.7. The lowest BCUT2D eigenvalue weighted by Crippen LogP contribution is -2.40. The fourth-order valence-electron chi connectivity index (χ4n) is 2.72. The Balaban J connectivity index is 4.41. The minimum atomic E-state index is 0.489. The van der Waals surface area contributed by atoms with Gasteiger partial charge < -0.3 is 5.32 Å². The minimum Gasteiger partial charge on any atom is -0.314 e. The maximum atomic E-state index is 3.62. The lowest BCUT2D eigenvalue weighted by atomic mass is 9.71. The molecule has 0 fully saturated rings. The Morgan fingerprint density at radius 3 is 1.93 bits per heavy atom. The molecule has 1 N–H and O–H groups in total. The van der Waals surface area contributed by atoms with Crippen LogP contribution in [0.15, 0.2) is 0 Å². The van der Waals surface area contributed by atoms with Crippen molar-refractivity contribution in [2.45, 2.75) is 73.3 Å². The molecule has 0 saturated heterocycles. The summed E-state index contributed by atoms with van der Waals surface area (Å²) >= 11 is 0. The van der Waals surface area contributed by atoms with E-state index in [9.17, 15) is 0 Å². The first-order valence-corrected chi connectivity index (χ1v) is 6.73.